The van der Waals surface area contributed by atoms with E-state index >= 15 is 0 Å². The molecule has 6 aliphatic heterocycles. The Hall–Kier alpha value is -5.45. The first-order valence-corrected chi connectivity index (χ1v) is 20.4. The van der Waals surface area contributed by atoms with Crippen LogP contribution in [0.4, 0.5) is 17.1 Å². The van der Waals surface area contributed by atoms with Crippen molar-refractivity contribution < 1.29 is 24.0 Å². The molecular formula is C43H45ClN8O5. The molecule has 0 radical (unpaired) electrons. The van der Waals surface area contributed by atoms with Crippen LogP contribution in [-0.2, 0) is 9.59 Å². The Labute approximate surface area is 336 Å². The van der Waals surface area contributed by atoms with Gasteiger partial charge in [-0.1, -0.05) is 11.6 Å². The van der Waals surface area contributed by atoms with Gasteiger partial charge in [-0.25, -0.2) is 0 Å². The topological polar surface area (TPSA) is 141 Å². The second-order valence-corrected chi connectivity index (χ2v) is 16.8. The molecule has 2 atom stereocenters. The second-order valence-electron chi connectivity index (χ2n) is 16.4. The smallest absolute Gasteiger partial charge is 0.262 e. The minimum Gasteiger partial charge on any atom is -0.371 e. The van der Waals surface area contributed by atoms with Crippen molar-refractivity contribution in [2.24, 2.45) is 5.41 Å². The molecule has 5 saturated heterocycles. The molecule has 1 unspecified atom stereocenters. The predicted molar refractivity (Wildman–Crippen MR) is 215 cm³/mol. The van der Waals surface area contributed by atoms with E-state index in [0.717, 1.165) is 87.0 Å². The zero-order valence-electron chi connectivity index (χ0n) is 32.0. The van der Waals surface area contributed by atoms with Crippen molar-refractivity contribution in [3.63, 3.8) is 0 Å². The highest BCUT2D eigenvalue weighted by Gasteiger charge is 2.47. The van der Waals surface area contributed by atoms with E-state index in [1.807, 2.05) is 41.3 Å². The fourth-order valence-electron chi connectivity index (χ4n) is 9.92. The van der Waals surface area contributed by atoms with E-state index in [1.165, 1.54) is 0 Å². The van der Waals surface area contributed by atoms with E-state index in [2.05, 4.69) is 50.0 Å². The minimum absolute atomic E-state index is 0.0560. The Bertz CT molecular complexity index is 2200. The number of carbonyl (C=O) groups excluding carboxylic acids is 5. The number of nitrogens with zero attached hydrogens (tertiary/aromatic N) is 7. The molecule has 5 fully saturated rings. The van der Waals surface area contributed by atoms with Crippen LogP contribution < -0.4 is 20.0 Å². The lowest BCUT2D eigenvalue weighted by Crippen LogP contribution is -2.63. The van der Waals surface area contributed by atoms with Crippen LogP contribution in [-0.4, -0.2) is 121 Å². The molecule has 14 heteroatoms. The number of benzene rings is 3. The summed E-state index contributed by atoms with van der Waals surface area (Å²) in [6.07, 6.45) is 3.53. The summed E-state index contributed by atoms with van der Waals surface area (Å²) in [5.74, 6) is -1.96. The van der Waals surface area contributed by atoms with Gasteiger partial charge in [0, 0.05) is 100 Å². The highest BCUT2D eigenvalue weighted by Crippen LogP contribution is 2.47. The molecule has 3 aromatic rings. The van der Waals surface area contributed by atoms with Crippen molar-refractivity contribution >= 4 is 58.2 Å². The summed E-state index contributed by atoms with van der Waals surface area (Å²) in [6, 6.07) is 20.9. The average Bonchev–Trinajstić information content (AvgIpc) is 3.65. The maximum absolute atomic E-state index is 13.6. The molecule has 6 aliphatic rings. The SMILES string of the molecule is C[C@H]1N(c2ccc(C#N)c(Cl)c2)CCC12CCN(c1ccc(C(=O)N3CCN(C4CN(c5ccc6c(c5)C(=O)N(C5CCC(=O)NC5=O)C6=O)C4)CC3)cc1)CC2. The largest absolute Gasteiger partial charge is 0.371 e. The molecule has 13 nitrogen and oxygen atoms in total. The fourth-order valence-corrected chi connectivity index (χ4v) is 10.1. The number of nitrogens with one attached hydrogen (secondary N) is 1. The summed E-state index contributed by atoms with van der Waals surface area (Å²) in [5, 5.41) is 12.0. The number of rotatable bonds is 6. The van der Waals surface area contributed by atoms with Gasteiger partial charge in [-0.05, 0) is 98.7 Å². The number of amides is 5. The van der Waals surface area contributed by atoms with E-state index in [1.54, 1.807) is 12.1 Å². The summed E-state index contributed by atoms with van der Waals surface area (Å²) in [6.45, 7) is 9.65. The number of nitriles is 1. The van der Waals surface area contributed by atoms with Crippen LogP contribution in [0.3, 0.4) is 0 Å². The first-order valence-electron chi connectivity index (χ1n) is 20.0. The lowest BCUT2D eigenvalue weighted by molar-refractivity contribution is -0.136. The number of imide groups is 2. The molecule has 57 heavy (non-hydrogen) atoms. The molecule has 1 N–H and O–H groups in total. The molecule has 0 bridgehead atoms. The van der Waals surface area contributed by atoms with E-state index in [4.69, 9.17) is 11.6 Å². The van der Waals surface area contributed by atoms with Gasteiger partial charge in [-0.2, -0.15) is 5.26 Å². The van der Waals surface area contributed by atoms with Crippen molar-refractivity contribution in [3.05, 3.63) is 87.9 Å². The van der Waals surface area contributed by atoms with Crippen molar-refractivity contribution in [2.45, 2.75) is 57.2 Å². The standard InChI is InChI=1S/C43H45ClN8O5/c1-27-43(14-17-51(27)32-7-4-29(24-45)36(44)23-32)12-15-47(16-13-43)30-5-2-28(3-6-30)40(55)49-20-18-48(19-21-49)33-25-50(26-33)31-8-9-34-35(22-31)42(57)52(41(34)56)37-10-11-38(53)46-39(37)54/h2-9,22-23,27,33,37H,10-21,25-26H2,1H3,(H,46,53,54)/t27-,37?/m1/s1. The van der Waals surface area contributed by atoms with Crippen LogP contribution in [0, 0.1) is 16.7 Å². The number of piperidine rings is 2. The van der Waals surface area contributed by atoms with E-state index in [9.17, 15) is 29.2 Å². The number of fused-ring (bicyclic) bond motifs is 1. The second kappa shape index (κ2) is 14.5. The van der Waals surface area contributed by atoms with Crippen LogP contribution in [0.2, 0.25) is 5.02 Å². The predicted octanol–water partition coefficient (Wildman–Crippen LogP) is 4.14. The van der Waals surface area contributed by atoms with Gasteiger partial charge in [0.25, 0.3) is 17.7 Å². The third kappa shape index (κ3) is 6.48. The summed E-state index contributed by atoms with van der Waals surface area (Å²) < 4.78 is 0. The third-order valence-corrected chi connectivity index (χ3v) is 13.9. The highest BCUT2D eigenvalue weighted by atomic mass is 35.5. The normalized spacial score (nSPS) is 23.8. The van der Waals surface area contributed by atoms with Crippen molar-refractivity contribution in [2.75, 3.05) is 73.6 Å². The maximum atomic E-state index is 13.6. The quantitative estimate of drug-likeness (QED) is 0.363. The van der Waals surface area contributed by atoms with Crippen molar-refractivity contribution in [3.8, 4) is 6.07 Å². The highest BCUT2D eigenvalue weighted by molar-refractivity contribution is 6.32. The molecule has 1 spiro atoms. The van der Waals surface area contributed by atoms with Crippen molar-refractivity contribution in [1.82, 2.24) is 20.0 Å². The Morgan fingerprint density at radius 3 is 2.14 bits per heavy atom. The molecule has 294 valence electrons. The first kappa shape index (κ1) is 37.1. The molecular weight excluding hydrogens is 744 g/mol. The van der Waals surface area contributed by atoms with Crippen LogP contribution in [0.5, 0.6) is 0 Å². The van der Waals surface area contributed by atoms with E-state index in [0.29, 0.717) is 41.3 Å². The summed E-state index contributed by atoms with van der Waals surface area (Å²) in [7, 11) is 0. The lowest BCUT2D eigenvalue weighted by Gasteiger charge is -2.49. The zero-order valence-corrected chi connectivity index (χ0v) is 32.7. The maximum Gasteiger partial charge on any atom is 0.262 e. The van der Waals surface area contributed by atoms with Gasteiger partial charge in [0.2, 0.25) is 11.8 Å². The number of halogens is 1. The molecule has 0 aromatic heterocycles. The van der Waals surface area contributed by atoms with Gasteiger partial charge in [-0.15, -0.1) is 0 Å². The zero-order chi connectivity index (χ0) is 39.6. The van der Waals surface area contributed by atoms with Gasteiger partial charge >= 0.3 is 0 Å². The van der Waals surface area contributed by atoms with Crippen molar-refractivity contribution in [1.29, 1.82) is 5.26 Å². The summed E-state index contributed by atoms with van der Waals surface area (Å²) in [5.41, 5.74) is 5.09. The molecule has 3 aromatic carbocycles. The van der Waals surface area contributed by atoms with Gasteiger partial charge in [0.15, 0.2) is 0 Å². The monoisotopic (exact) mass is 788 g/mol. The Morgan fingerprint density at radius 2 is 1.46 bits per heavy atom. The summed E-state index contributed by atoms with van der Waals surface area (Å²) >= 11 is 6.37. The van der Waals surface area contributed by atoms with E-state index < -0.39 is 29.7 Å². The number of hydrogen-bond donors (Lipinski definition) is 1. The number of hydrogen-bond acceptors (Lipinski definition) is 10. The molecule has 0 aliphatic carbocycles. The first-order chi connectivity index (χ1) is 27.5. The minimum atomic E-state index is -0.983. The number of anilines is 3. The number of piperazine rings is 1. The van der Waals surface area contributed by atoms with Crippen LogP contribution in [0.15, 0.2) is 60.7 Å². The molecule has 0 saturated carbocycles. The van der Waals surface area contributed by atoms with Gasteiger partial charge in [0.1, 0.15) is 12.1 Å². The Kier molecular flexibility index (Phi) is 9.44. The van der Waals surface area contributed by atoms with Crippen LogP contribution >= 0.6 is 11.6 Å². The van der Waals surface area contributed by atoms with Crippen LogP contribution in [0.25, 0.3) is 0 Å². The Balaban J connectivity index is 0.742. The summed E-state index contributed by atoms with van der Waals surface area (Å²) in [4.78, 5) is 76.4. The number of carbonyl (C=O) groups is 5. The average molecular weight is 789 g/mol. The lowest BCUT2D eigenvalue weighted by atomic mass is 9.73. The van der Waals surface area contributed by atoms with E-state index in [-0.39, 0.29) is 35.3 Å². The molecule has 9 rings (SSSR count). The third-order valence-electron chi connectivity index (χ3n) is 13.6. The van der Waals surface area contributed by atoms with Gasteiger partial charge in [0.05, 0.1) is 21.7 Å². The Morgan fingerprint density at radius 1 is 0.789 bits per heavy atom. The molecule has 5 amide bonds. The van der Waals surface area contributed by atoms with Gasteiger partial charge in [-0.3, -0.25) is 39.1 Å². The van der Waals surface area contributed by atoms with Crippen LogP contribution in [0.1, 0.15) is 75.7 Å². The van der Waals surface area contributed by atoms with Gasteiger partial charge < -0.3 is 19.6 Å². The fraction of sp³-hybridized carbons (Fsp3) is 0.442. The molecule has 6 heterocycles.